The Labute approximate surface area is 75.6 Å². The molecule has 0 saturated heterocycles. The summed E-state index contributed by atoms with van der Waals surface area (Å²) in [6.45, 7) is 8.76. The first kappa shape index (κ1) is 11.7. The highest BCUT2D eigenvalue weighted by Gasteiger charge is 2.07. The molecule has 1 unspecified atom stereocenters. The van der Waals surface area contributed by atoms with Gasteiger partial charge in [0.15, 0.2) is 0 Å². The molecule has 2 N–H and O–H groups in total. The monoisotopic (exact) mass is 171 g/mol. The molecule has 12 heavy (non-hydrogen) atoms. The van der Waals surface area contributed by atoms with Crippen molar-refractivity contribution in [3.63, 3.8) is 0 Å². The maximum absolute atomic E-state index is 8.55. The van der Waals surface area contributed by atoms with Crippen LogP contribution in [0.4, 0.5) is 0 Å². The van der Waals surface area contributed by atoms with E-state index in [0.717, 1.165) is 12.0 Å². The normalized spacial score (nSPS) is 12.9. The summed E-state index contributed by atoms with van der Waals surface area (Å²) in [5, 5.41) is 8.55. The average molecular weight is 171 g/mol. The van der Waals surface area contributed by atoms with E-state index in [9.17, 15) is 0 Å². The van der Waals surface area contributed by atoms with Gasteiger partial charge in [-0.3, -0.25) is 0 Å². The van der Waals surface area contributed by atoms with Crippen molar-refractivity contribution in [1.82, 2.24) is 5.48 Å². The van der Waals surface area contributed by atoms with Crippen molar-refractivity contribution in [1.29, 1.82) is 0 Å². The maximum Gasteiger partial charge on any atom is 0.0272 e. The summed E-state index contributed by atoms with van der Waals surface area (Å²) < 4.78 is 0. The molecule has 1 atom stereocenters. The summed E-state index contributed by atoms with van der Waals surface area (Å²) in [6.07, 6.45) is 4.89. The van der Waals surface area contributed by atoms with Crippen LogP contribution >= 0.6 is 0 Å². The molecule has 0 fully saturated rings. The first-order valence-electron chi connectivity index (χ1n) is 4.74. The quantitative estimate of drug-likeness (QED) is 0.351. The topological polar surface area (TPSA) is 32.3 Å². The van der Waals surface area contributed by atoms with Crippen molar-refractivity contribution in [2.75, 3.05) is 6.54 Å². The van der Waals surface area contributed by atoms with Gasteiger partial charge in [0.2, 0.25) is 0 Å². The van der Waals surface area contributed by atoms with Crippen LogP contribution in [0.3, 0.4) is 0 Å². The average Bonchev–Trinajstić information content (AvgIpc) is 2.03. The van der Waals surface area contributed by atoms with Crippen LogP contribution in [0.2, 0.25) is 0 Å². The fraction of sp³-hybridized carbons (Fsp3) is 0.800. The maximum atomic E-state index is 8.55. The Morgan fingerprint density at radius 3 is 2.58 bits per heavy atom. The zero-order valence-corrected chi connectivity index (χ0v) is 8.27. The van der Waals surface area contributed by atoms with Crippen LogP contribution in [0.1, 0.15) is 39.5 Å². The van der Waals surface area contributed by atoms with Gasteiger partial charge in [-0.05, 0) is 19.3 Å². The Morgan fingerprint density at radius 1 is 1.50 bits per heavy atom. The van der Waals surface area contributed by atoms with Gasteiger partial charge in [-0.15, -0.1) is 0 Å². The SMILES string of the molecule is C=C(C)C(CCCCC)CNO. The van der Waals surface area contributed by atoms with Gasteiger partial charge in [-0.25, -0.2) is 5.48 Å². The fourth-order valence-corrected chi connectivity index (χ4v) is 1.27. The number of hydroxylamine groups is 1. The van der Waals surface area contributed by atoms with Crippen molar-refractivity contribution in [3.05, 3.63) is 12.2 Å². The zero-order chi connectivity index (χ0) is 9.40. The van der Waals surface area contributed by atoms with Crippen LogP contribution in [0, 0.1) is 5.92 Å². The Kier molecular flexibility index (Phi) is 7.11. The molecule has 0 aliphatic carbocycles. The molecular formula is C10H21NO. The molecule has 0 bridgehead atoms. The highest BCUT2D eigenvalue weighted by Crippen LogP contribution is 2.15. The van der Waals surface area contributed by atoms with Gasteiger partial charge in [0.1, 0.15) is 0 Å². The van der Waals surface area contributed by atoms with E-state index in [0.29, 0.717) is 12.5 Å². The number of nitrogens with one attached hydrogen (secondary N) is 1. The summed E-state index contributed by atoms with van der Waals surface area (Å²) in [4.78, 5) is 0. The Bertz CT molecular complexity index is 123. The van der Waals surface area contributed by atoms with Crippen molar-refractivity contribution >= 4 is 0 Å². The second-order valence-electron chi connectivity index (χ2n) is 3.40. The minimum Gasteiger partial charge on any atom is -0.317 e. The molecule has 0 spiro atoms. The third-order valence-corrected chi connectivity index (χ3v) is 2.19. The van der Waals surface area contributed by atoms with Gasteiger partial charge in [-0.2, -0.15) is 0 Å². The molecule has 0 amide bonds. The highest BCUT2D eigenvalue weighted by atomic mass is 16.5. The van der Waals surface area contributed by atoms with E-state index < -0.39 is 0 Å². The van der Waals surface area contributed by atoms with E-state index in [4.69, 9.17) is 5.21 Å². The lowest BCUT2D eigenvalue weighted by molar-refractivity contribution is 0.152. The van der Waals surface area contributed by atoms with Gasteiger partial charge < -0.3 is 5.21 Å². The zero-order valence-electron chi connectivity index (χ0n) is 8.27. The van der Waals surface area contributed by atoms with Crippen LogP contribution in [0.25, 0.3) is 0 Å². The van der Waals surface area contributed by atoms with Crippen LogP contribution in [0.5, 0.6) is 0 Å². The smallest absolute Gasteiger partial charge is 0.0272 e. The first-order valence-corrected chi connectivity index (χ1v) is 4.74. The number of unbranched alkanes of at least 4 members (excludes halogenated alkanes) is 2. The minimum atomic E-state index is 0.432. The predicted molar refractivity (Wildman–Crippen MR) is 52.2 cm³/mol. The minimum absolute atomic E-state index is 0.432. The van der Waals surface area contributed by atoms with Crippen molar-refractivity contribution in [3.8, 4) is 0 Å². The van der Waals surface area contributed by atoms with E-state index in [-0.39, 0.29) is 0 Å². The summed E-state index contributed by atoms with van der Waals surface area (Å²) in [6, 6.07) is 0. The van der Waals surface area contributed by atoms with Crippen LogP contribution in [-0.2, 0) is 0 Å². The van der Waals surface area contributed by atoms with Gasteiger partial charge in [0.25, 0.3) is 0 Å². The molecule has 0 aliphatic heterocycles. The Hall–Kier alpha value is -0.340. The number of hydrogen-bond acceptors (Lipinski definition) is 2. The lowest BCUT2D eigenvalue weighted by atomic mass is 9.95. The van der Waals surface area contributed by atoms with Gasteiger partial charge in [0, 0.05) is 6.54 Å². The number of rotatable bonds is 7. The highest BCUT2D eigenvalue weighted by molar-refractivity contribution is 4.96. The molecule has 2 nitrogen and oxygen atoms in total. The van der Waals surface area contributed by atoms with Crippen LogP contribution in [0.15, 0.2) is 12.2 Å². The lowest BCUT2D eigenvalue weighted by Gasteiger charge is -2.15. The number of hydrogen-bond donors (Lipinski definition) is 2. The van der Waals surface area contributed by atoms with E-state index in [1.807, 2.05) is 6.92 Å². The molecule has 72 valence electrons. The fourth-order valence-electron chi connectivity index (χ4n) is 1.27. The van der Waals surface area contributed by atoms with E-state index in [1.54, 1.807) is 0 Å². The molecule has 0 heterocycles. The molecule has 2 heteroatoms. The third-order valence-electron chi connectivity index (χ3n) is 2.19. The molecule has 0 aromatic rings. The Morgan fingerprint density at radius 2 is 2.17 bits per heavy atom. The lowest BCUT2D eigenvalue weighted by Crippen LogP contribution is -2.19. The summed E-state index contributed by atoms with van der Waals surface area (Å²) >= 11 is 0. The molecule has 0 radical (unpaired) electrons. The van der Waals surface area contributed by atoms with Crippen molar-refractivity contribution < 1.29 is 5.21 Å². The molecular weight excluding hydrogens is 150 g/mol. The van der Waals surface area contributed by atoms with E-state index >= 15 is 0 Å². The summed E-state index contributed by atoms with van der Waals surface area (Å²) in [5.74, 6) is 0.432. The molecule has 0 aromatic carbocycles. The molecule has 0 aliphatic rings. The van der Waals surface area contributed by atoms with Crippen molar-refractivity contribution in [2.45, 2.75) is 39.5 Å². The summed E-state index contributed by atoms with van der Waals surface area (Å²) in [5.41, 5.74) is 3.38. The van der Waals surface area contributed by atoms with Gasteiger partial charge in [-0.1, -0.05) is 38.3 Å². The van der Waals surface area contributed by atoms with Crippen LogP contribution in [-0.4, -0.2) is 11.8 Å². The van der Waals surface area contributed by atoms with Crippen molar-refractivity contribution in [2.24, 2.45) is 5.92 Å². The third kappa shape index (κ3) is 5.33. The summed E-state index contributed by atoms with van der Waals surface area (Å²) in [7, 11) is 0. The second kappa shape index (κ2) is 7.32. The largest absolute Gasteiger partial charge is 0.317 e. The standard InChI is InChI=1S/C10H21NO/c1-4-5-6-7-10(8-11-12)9(2)3/h10-12H,2,4-8H2,1,3H3. The van der Waals surface area contributed by atoms with Gasteiger partial charge in [0.05, 0.1) is 0 Å². The molecule has 0 saturated carbocycles. The molecule has 0 aromatic heterocycles. The van der Waals surface area contributed by atoms with E-state index in [1.165, 1.54) is 19.3 Å². The first-order chi connectivity index (χ1) is 5.72. The van der Waals surface area contributed by atoms with E-state index in [2.05, 4.69) is 19.0 Å². The predicted octanol–water partition coefficient (Wildman–Crippen LogP) is 2.74. The second-order valence-corrected chi connectivity index (χ2v) is 3.40. The molecule has 0 rings (SSSR count). The van der Waals surface area contributed by atoms with Gasteiger partial charge >= 0.3 is 0 Å². The van der Waals surface area contributed by atoms with Crippen LogP contribution < -0.4 is 5.48 Å². The Balaban J connectivity index is 3.56.